The van der Waals surface area contributed by atoms with Crippen molar-refractivity contribution < 1.29 is 23.3 Å². The first-order valence-corrected chi connectivity index (χ1v) is 25.0. The number of amides is 1. The van der Waals surface area contributed by atoms with Gasteiger partial charge in [-0.2, -0.15) is 0 Å². The Morgan fingerprint density at radius 3 is 2.28 bits per heavy atom. The number of hydrogen-bond donors (Lipinski definition) is 4. The van der Waals surface area contributed by atoms with Gasteiger partial charge in [-0.3, -0.25) is 25.0 Å². The molecule has 1 aliphatic heterocycles. The average Bonchev–Trinajstić information content (AvgIpc) is 3.31. The Morgan fingerprint density at radius 1 is 0.877 bits per heavy atom. The van der Waals surface area contributed by atoms with Crippen LogP contribution in [0.1, 0.15) is 62.6 Å². The van der Waals surface area contributed by atoms with Gasteiger partial charge in [0.15, 0.2) is 0 Å². The largest absolute Gasteiger partial charge is 0.376 e. The monoisotopic (exact) mass is 941 g/mol. The third-order valence-electron chi connectivity index (χ3n) is 11.7. The maximum atomic E-state index is 13.7. The van der Waals surface area contributed by atoms with Crippen molar-refractivity contribution >= 4 is 56.4 Å². The minimum absolute atomic E-state index is 0.158. The van der Waals surface area contributed by atoms with Gasteiger partial charge in [-0.25, -0.2) is 18.6 Å². The summed E-state index contributed by atoms with van der Waals surface area (Å²) >= 11 is 7.79. The summed E-state index contributed by atoms with van der Waals surface area (Å²) in [5.41, 5.74) is 7.08. The number of anilines is 2. The number of halogens is 1. The summed E-state index contributed by atoms with van der Waals surface area (Å²) < 4.78 is 30.2. The zero-order valence-corrected chi connectivity index (χ0v) is 39.5. The molecular formula is C49H60ClN7O6S2. The Morgan fingerprint density at radius 2 is 1.57 bits per heavy atom. The lowest BCUT2D eigenvalue weighted by molar-refractivity contribution is -0.384. The van der Waals surface area contributed by atoms with Crippen LogP contribution >= 0.6 is 23.4 Å². The molecule has 1 unspecified atom stereocenters. The van der Waals surface area contributed by atoms with E-state index < -0.39 is 21.0 Å². The van der Waals surface area contributed by atoms with Gasteiger partial charge in [-0.1, -0.05) is 91.2 Å². The molecule has 6 rings (SSSR count). The van der Waals surface area contributed by atoms with Gasteiger partial charge in [-0.05, 0) is 117 Å². The molecule has 2 atom stereocenters. The summed E-state index contributed by atoms with van der Waals surface area (Å²) in [6, 6.07) is 37.6. The van der Waals surface area contributed by atoms with Crippen LogP contribution in [0.2, 0.25) is 5.02 Å². The summed E-state index contributed by atoms with van der Waals surface area (Å²) in [6.07, 6.45) is 4.50. The lowest BCUT2D eigenvalue weighted by Gasteiger charge is -2.36. The molecule has 0 spiro atoms. The maximum Gasteiger partial charge on any atom is 0.293 e. The first-order valence-electron chi connectivity index (χ1n) is 22.2. The van der Waals surface area contributed by atoms with Gasteiger partial charge in [0, 0.05) is 78.7 Å². The highest BCUT2D eigenvalue weighted by Gasteiger charge is 2.26. The van der Waals surface area contributed by atoms with Gasteiger partial charge in [0.05, 0.1) is 9.82 Å². The predicted molar refractivity (Wildman–Crippen MR) is 262 cm³/mol. The molecule has 1 fully saturated rings. The molecule has 4 N–H and O–H groups in total. The minimum Gasteiger partial charge on any atom is -0.376 e. The van der Waals surface area contributed by atoms with Crippen molar-refractivity contribution in [1.82, 2.24) is 20.0 Å². The molecule has 5 aromatic carbocycles. The topological polar surface area (TPSA) is 160 Å². The molecule has 1 amide bonds. The predicted octanol–water partition coefficient (Wildman–Crippen LogP) is 9.63. The van der Waals surface area contributed by atoms with Crippen molar-refractivity contribution in [3.63, 3.8) is 0 Å². The normalized spacial score (nSPS) is 14.3. The fraction of sp³-hybridized carbons (Fsp3) is 0.367. The number of sulfonamides is 1. The molecule has 65 heavy (non-hydrogen) atoms. The van der Waals surface area contributed by atoms with Crippen LogP contribution in [0.3, 0.4) is 0 Å². The lowest BCUT2D eigenvalue weighted by atomic mass is 9.99. The molecule has 16 heteroatoms. The molecule has 0 bridgehead atoms. The smallest absolute Gasteiger partial charge is 0.293 e. The third-order valence-corrected chi connectivity index (χ3v) is 14.7. The van der Waals surface area contributed by atoms with Crippen LogP contribution in [0.15, 0.2) is 131 Å². The van der Waals surface area contributed by atoms with E-state index >= 15 is 0 Å². The van der Waals surface area contributed by atoms with Crippen LogP contribution in [0.25, 0.3) is 11.1 Å². The van der Waals surface area contributed by atoms with E-state index in [9.17, 15) is 23.3 Å². The Kier molecular flexibility index (Phi) is 18.6. The number of hydroxylamine groups is 1. The van der Waals surface area contributed by atoms with Gasteiger partial charge in [0.1, 0.15) is 5.69 Å². The molecule has 13 nitrogen and oxygen atoms in total. The van der Waals surface area contributed by atoms with Crippen LogP contribution in [0.5, 0.6) is 0 Å². The van der Waals surface area contributed by atoms with Crippen molar-refractivity contribution in [3.05, 3.63) is 148 Å². The molecule has 1 saturated heterocycles. The number of nitrogens with zero attached hydrogens (tertiary/aromatic N) is 4. The van der Waals surface area contributed by atoms with E-state index in [4.69, 9.17) is 16.8 Å². The molecule has 346 valence electrons. The van der Waals surface area contributed by atoms with Crippen LogP contribution < -0.4 is 20.4 Å². The number of benzene rings is 5. The second-order valence-corrected chi connectivity index (χ2v) is 19.8. The van der Waals surface area contributed by atoms with Crippen LogP contribution in [-0.2, 0) is 21.4 Å². The Bertz CT molecular complexity index is 2400. The van der Waals surface area contributed by atoms with Crippen molar-refractivity contribution in [1.29, 1.82) is 0 Å². The number of carbonyl (C=O) groups is 1. The summed E-state index contributed by atoms with van der Waals surface area (Å²) in [4.78, 5) is 31.1. The van der Waals surface area contributed by atoms with Crippen molar-refractivity contribution in [3.8, 4) is 11.1 Å². The molecule has 1 heterocycles. The standard InChI is InChI=1S/C49H60ClN7O6S2/c1-37(38-19-23-43(24-20-38)56-32-30-55(31-33-56)35-40-12-9-10-15-46(40)39-17-21-41(50)22-18-39)53-65(62,63)45-25-26-47(48(34-45)57(60)61)51-42(36-64-44-13-6-5-7-14-44)27-29-54(2)28-11-4-3-8-16-49(58)52-59/h5-7,9-10,12-15,17-26,34,37,42,51,53,59H,3-4,8,11,16,27-33,35-36H2,1-2H3,(H,52,58)/t37?,42-/m1/s1. The highest BCUT2D eigenvalue weighted by atomic mass is 35.5. The Hall–Kier alpha value is -5.00. The summed E-state index contributed by atoms with van der Waals surface area (Å²) in [5, 5.41) is 25.2. The van der Waals surface area contributed by atoms with Crippen molar-refractivity contribution in [2.75, 3.05) is 62.3 Å². The zero-order chi connectivity index (χ0) is 46.2. The number of unbranched alkanes of at least 4 members (excludes halogenated alkanes) is 3. The maximum absolute atomic E-state index is 13.7. The second kappa shape index (κ2) is 24.5. The van der Waals surface area contributed by atoms with E-state index in [0.29, 0.717) is 25.0 Å². The zero-order valence-electron chi connectivity index (χ0n) is 37.1. The Balaban J connectivity index is 1.03. The number of nitro benzene ring substituents is 1. The molecule has 0 saturated carbocycles. The number of rotatable bonds is 24. The highest BCUT2D eigenvalue weighted by Crippen LogP contribution is 2.32. The summed E-state index contributed by atoms with van der Waals surface area (Å²) in [6.45, 7) is 7.72. The quantitative estimate of drug-likeness (QED) is 0.0153. The van der Waals surface area contributed by atoms with E-state index in [-0.39, 0.29) is 28.2 Å². The van der Waals surface area contributed by atoms with Gasteiger partial charge in [0.25, 0.3) is 5.69 Å². The SMILES string of the molecule is CC(NS(=O)(=O)c1ccc(N[C@H](CCN(C)CCCCCCC(=O)NO)CSc2ccccc2)c([N+](=O)[O-])c1)c1ccc(N2CCN(Cc3ccccc3-c3ccc(Cl)cc3)CC2)cc1. The summed E-state index contributed by atoms with van der Waals surface area (Å²) in [7, 11) is -2.09. The fourth-order valence-corrected chi connectivity index (χ4v) is 10.3. The van der Waals surface area contributed by atoms with E-state index in [2.05, 4.69) is 61.1 Å². The van der Waals surface area contributed by atoms with E-state index in [1.165, 1.54) is 23.3 Å². The molecule has 0 aliphatic carbocycles. The van der Waals surface area contributed by atoms with Gasteiger partial charge in [0.2, 0.25) is 15.9 Å². The minimum atomic E-state index is -4.13. The number of hydrogen-bond acceptors (Lipinski definition) is 11. The summed E-state index contributed by atoms with van der Waals surface area (Å²) in [5.74, 6) is 0.261. The first kappa shape index (κ1) is 49.4. The molecule has 0 aromatic heterocycles. The Labute approximate surface area is 392 Å². The number of nitro groups is 1. The van der Waals surface area contributed by atoms with Crippen molar-refractivity contribution in [2.24, 2.45) is 0 Å². The van der Waals surface area contributed by atoms with Crippen LogP contribution in [-0.4, -0.2) is 92.4 Å². The number of nitrogens with one attached hydrogen (secondary N) is 3. The van der Waals surface area contributed by atoms with Gasteiger partial charge < -0.3 is 15.1 Å². The first-order chi connectivity index (χ1) is 31.4. The average molecular weight is 943 g/mol. The molecule has 5 aromatic rings. The fourth-order valence-electron chi connectivity index (χ4n) is 7.96. The van der Waals surface area contributed by atoms with Gasteiger partial charge in [-0.15, -0.1) is 11.8 Å². The van der Waals surface area contributed by atoms with Crippen LogP contribution in [0, 0.1) is 10.1 Å². The number of thioether (sulfide) groups is 1. The van der Waals surface area contributed by atoms with E-state index in [0.717, 1.165) is 97.9 Å². The highest BCUT2D eigenvalue weighted by molar-refractivity contribution is 7.99. The molecule has 1 aliphatic rings. The number of piperazine rings is 1. The van der Waals surface area contributed by atoms with Crippen LogP contribution in [0.4, 0.5) is 17.1 Å². The second-order valence-electron chi connectivity index (χ2n) is 16.6. The molecule has 0 radical (unpaired) electrons. The van der Waals surface area contributed by atoms with Gasteiger partial charge >= 0.3 is 0 Å². The third kappa shape index (κ3) is 15.0. The van der Waals surface area contributed by atoms with E-state index in [1.54, 1.807) is 24.2 Å². The van der Waals surface area contributed by atoms with E-state index in [1.807, 2.05) is 73.8 Å². The number of carbonyl (C=O) groups excluding carboxylic acids is 1. The molecular weight excluding hydrogens is 882 g/mol. The van der Waals surface area contributed by atoms with Crippen molar-refractivity contribution in [2.45, 2.75) is 73.9 Å². The lowest BCUT2D eigenvalue weighted by Crippen LogP contribution is -2.46.